The van der Waals surface area contributed by atoms with Crippen molar-refractivity contribution in [2.24, 2.45) is 0 Å². The van der Waals surface area contributed by atoms with Crippen molar-refractivity contribution in [2.45, 2.75) is 13.3 Å². The molecule has 68 valence electrons. The lowest BCUT2D eigenvalue weighted by Crippen LogP contribution is -2.00. The van der Waals surface area contributed by atoms with Gasteiger partial charge in [-0.3, -0.25) is 0 Å². The molecule has 1 aromatic rings. The van der Waals surface area contributed by atoms with Gasteiger partial charge in [0.05, 0.1) is 0 Å². The molecule has 0 saturated carbocycles. The summed E-state index contributed by atoms with van der Waals surface area (Å²) in [7, 11) is 0. The van der Waals surface area contributed by atoms with E-state index in [1.807, 2.05) is 0 Å². The van der Waals surface area contributed by atoms with Crippen LogP contribution in [-0.4, -0.2) is 16.6 Å². The smallest absolute Gasteiger partial charge is 0.220 e. The Kier molecular flexibility index (Phi) is 3.53. The van der Waals surface area contributed by atoms with Gasteiger partial charge in [0.2, 0.25) is 5.88 Å². The molecule has 0 bridgehead atoms. The van der Waals surface area contributed by atoms with Crippen LogP contribution in [0.25, 0.3) is 0 Å². The fraction of sp³-hybridized carbons (Fsp3) is 0.333. The topological polar surface area (TPSA) is 35.0 Å². The largest absolute Gasteiger partial charge is 0.476 e. The van der Waals surface area contributed by atoms with Gasteiger partial charge in [-0.1, -0.05) is 11.6 Å². The monoisotopic (exact) mass is 196 g/mol. The quantitative estimate of drug-likeness (QED) is 0.420. The third kappa shape index (κ3) is 2.60. The first-order valence-corrected chi connectivity index (χ1v) is 4.17. The van der Waals surface area contributed by atoms with Gasteiger partial charge in [0.25, 0.3) is 0 Å². The zero-order chi connectivity index (χ0) is 9.68. The van der Waals surface area contributed by atoms with E-state index in [1.54, 1.807) is 6.92 Å². The molecular formula is C9H9ClN2O. The number of ether oxygens (including phenoxy) is 1. The van der Waals surface area contributed by atoms with Crippen molar-refractivity contribution in [3.63, 3.8) is 0 Å². The average Bonchev–Trinajstić information content (AvgIpc) is 2.13. The molecule has 0 unspecified atom stereocenters. The Hall–Kier alpha value is -1.27. The molecule has 3 nitrogen and oxygen atoms in total. The summed E-state index contributed by atoms with van der Waals surface area (Å²) < 4.78 is 5.28. The minimum Gasteiger partial charge on any atom is -0.476 e. The Bertz CT molecular complexity index is 333. The Morgan fingerprint density at radius 1 is 1.62 bits per heavy atom. The van der Waals surface area contributed by atoms with Crippen LogP contribution in [0.5, 0.6) is 5.88 Å². The molecule has 0 spiro atoms. The number of hydrogen-bond donors (Lipinski definition) is 0. The SMILES string of the molecule is C#CCCOc1ncnc(Cl)c1C. The molecule has 0 aliphatic heterocycles. The maximum absolute atomic E-state index is 5.76. The zero-order valence-electron chi connectivity index (χ0n) is 7.25. The highest BCUT2D eigenvalue weighted by Crippen LogP contribution is 2.19. The maximum atomic E-state index is 5.76. The molecule has 0 fully saturated rings. The predicted octanol–water partition coefficient (Wildman–Crippen LogP) is 1.84. The third-order valence-electron chi connectivity index (χ3n) is 1.46. The van der Waals surface area contributed by atoms with Gasteiger partial charge in [0, 0.05) is 12.0 Å². The lowest BCUT2D eigenvalue weighted by Gasteiger charge is -2.05. The first kappa shape index (κ1) is 9.82. The van der Waals surface area contributed by atoms with Crippen LogP contribution in [0.15, 0.2) is 6.33 Å². The fourth-order valence-electron chi connectivity index (χ4n) is 0.766. The number of terminal acetylenes is 1. The Morgan fingerprint density at radius 3 is 3.08 bits per heavy atom. The number of nitrogens with zero attached hydrogens (tertiary/aromatic N) is 2. The summed E-state index contributed by atoms with van der Waals surface area (Å²) in [5.41, 5.74) is 0.737. The van der Waals surface area contributed by atoms with Crippen LogP contribution < -0.4 is 4.74 Å². The summed E-state index contributed by atoms with van der Waals surface area (Å²) in [5.74, 6) is 2.97. The molecule has 0 aliphatic rings. The summed E-state index contributed by atoms with van der Waals surface area (Å²) >= 11 is 5.76. The molecular weight excluding hydrogens is 188 g/mol. The van der Waals surface area contributed by atoms with Gasteiger partial charge >= 0.3 is 0 Å². The van der Waals surface area contributed by atoms with Gasteiger partial charge in [-0.2, -0.15) is 0 Å². The van der Waals surface area contributed by atoms with Crippen molar-refractivity contribution in [3.05, 3.63) is 17.0 Å². The highest BCUT2D eigenvalue weighted by Gasteiger charge is 2.04. The van der Waals surface area contributed by atoms with Crippen LogP contribution in [0.2, 0.25) is 5.15 Å². The van der Waals surface area contributed by atoms with Crippen molar-refractivity contribution in [1.29, 1.82) is 0 Å². The van der Waals surface area contributed by atoms with Crippen molar-refractivity contribution < 1.29 is 4.74 Å². The molecule has 0 saturated heterocycles. The number of halogens is 1. The average molecular weight is 197 g/mol. The first-order valence-electron chi connectivity index (χ1n) is 3.79. The van der Waals surface area contributed by atoms with E-state index in [2.05, 4.69) is 15.9 Å². The van der Waals surface area contributed by atoms with Gasteiger partial charge < -0.3 is 4.74 Å². The minimum atomic E-state index is 0.408. The van der Waals surface area contributed by atoms with E-state index in [0.717, 1.165) is 5.56 Å². The van der Waals surface area contributed by atoms with Crippen LogP contribution in [0, 0.1) is 19.3 Å². The Labute approximate surface area is 82.1 Å². The van der Waals surface area contributed by atoms with Crippen molar-refractivity contribution in [3.8, 4) is 18.2 Å². The highest BCUT2D eigenvalue weighted by atomic mass is 35.5. The van der Waals surface area contributed by atoms with E-state index in [0.29, 0.717) is 24.1 Å². The van der Waals surface area contributed by atoms with E-state index in [-0.39, 0.29) is 0 Å². The lowest BCUT2D eigenvalue weighted by atomic mass is 10.4. The van der Waals surface area contributed by atoms with Gasteiger partial charge in [-0.15, -0.1) is 12.3 Å². The normalized spacial score (nSPS) is 9.31. The Morgan fingerprint density at radius 2 is 2.38 bits per heavy atom. The summed E-state index contributed by atoms with van der Waals surface area (Å²) in [5, 5.41) is 0.408. The maximum Gasteiger partial charge on any atom is 0.220 e. The van der Waals surface area contributed by atoms with E-state index < -0.39 is 0 Å². The van der Waals surface area contributed by atoms with E-state index in [9.17, 15) is 0 Å². The van der Waals surface area contributed by atoms with E-state index in [1.165, 1.54) is 6.33 Å². The number of hydrogen-bond acceptors (Lipinski definition) is 3. The van der Waals surface area contributed by atoms with Gasteiger partial charge in [-0.25, -0.2) is 9.97 Å². The van der Waals surface area contributed by atoms with Gasteiger partial charge in [0.1, 0.15) is 18.1 Å². The molecule has 1 aromatic heterocycles. The first-order chi connectivity index (χ1) is 6.25. The standard InChI is InChI=1S/C9H9ClN2O/c1-3-4-5-13-9-7(2)8(10)11-6-12-9/h1,6H,4-5H2,2H3. The molecule has 0 aromatic carbocycles. The number of aromatic nitrogens is 2. The molecule has 0 amide bonds. The summed E-state index contributed by atoms with van der Waals surface area (Å²) in [6.07, 6.45) is 6.99. The van der Waals surface area contributed by atoms with Crippen molar-refractivity contribution in [2.75, 3.05) is 6.61 Å². The molecule has 0 N–H and O–H groups in total. The molecule has 0 radical (unpaired) electrons. The lowest BCUT2D eigenvalue weighted by molar-refractivity contribution is 0.311. The van der Waals surface area contributed by atoms with Gasteiger partial charge in [0.15, 0.2) is 0 Å². The predicted molar refractivity (Wildman–Crippen MR) is 50.7 cm³/mol. The minimum absolute atomic E-state index is 0.408. The molecule has 1 heterocycles. The third-order valence-corrected chi connectivity index (χ3v) is 1.84. The zero-order valence-corrected chi connectivity index (χ0v) is 8.01. The van der Waals surface area contributed by atoms with E-state index >= 15 is 0 Å². The highest BCUT2D eigenvalue weighted by molar-refractivity contribution is 6.30. The Balaban J connectivity index is 2.67. The second-order valence-corrected chi connectivity index (χ2v) is 2.76. The second-order valence-electron chi connectivity index (χ2n) is 2.40. The summed E-state index contributed by atoms with van der Waals surface area (Å²) in [4.78, 5) is 7.73. The van der Waals surface area contributed by atoms with Crippen LogP contribution in [-0.2, 0) is 0 Å². The van der Waals surface area contributed by atoms with Crippen LogP contribution in [0.1, 0.15) is 12.0 Å². The molecule has 4 heteroatoms. The second kappa shape index (κ2) is 4.68. The molecule has 0 aliphatic carbocycles. The van der Waals surface area contributed by atoms with Crippen LogP contribution >= 0.6 is 11.6 Å². The molecule has 0 atom stereocenters. The van der Waals surface area contributed by atoms with E-state index in [4.69, 9.17) is 22.8 Å². The summed E-state index contributed by atoms with van der Waals surface area (Å²) in [6.45, 7) is 2.25. The van der Waals surface area contributed by atoms with Crippen LogP contribution in [0.4, 0.5) is 0 Å². The molecule has 1 rings (SSSR count). The molecule has 13 heavy (non-hydrogen) atoms. The number of rotatable bonds is 3. The van der Waals surface area contributed by atoms with Crippen LogP contribution in [0.3, 0.4) is 0 Å². The fourth-order valence-corrected chi connectivity index (χ4v) is 0.891. The summed E-state index contributed by atoms with van der Waals surface area (Å²) in [6, 6.07) is 0. The van der Waals surface area contributed by atoms with Crippen molar-refractivity contribution in [1.82, 2.24) is 9.97 Å². The van der Waals surface area contributed by atoms with Crippen molar-refractivity contribution >= 4 is 11.6 Å². The van der Waals surface area contributed by atoms with Gasteiger partial charge in [-0.05, 0) is 6.92 Å².